The molecule has 0 saturated carbocycles. The predicted molar refractivity (Wildman–Crippen MR) is 121 cm³/mol. The standard InChI is InChI=1S/C24H25N3O4/c1-24(2,3)20-10-15-13-6-5-7-14(17(26-4)8-9-25)21(13)31-22(15)18-11-19(28)16(23(29)30)12-27(18)20/h5-9,11-12,20H,10,25H2,1-4H3,(H,29,30)/b9-8-,26-17?/t20-/m1/s1. The minimum Gasteiger partial charge on any atom is -0.477 e. The average Bonchev–Trinajstić information content (AvgIpc) is 3.09. The van der Waals surface area contributed by atoms with Gasteiger partial charge in [-0.3, -0.25) is 9.79 Å². The Labute approximate surface area is 179 Å². The van der Waals surface area contributed by atoms with Gasteiger partial charge in [0.25, 0.3) is 0 Å². The fourth-order valence-corrected chi connectivity index (χ4v) is 4.32. The van der Waals surface area contributed by atoms with Gasteiger partial charge in [-0.15, -0.1) is 0 Å². The lowest BCUT2D eigenvalue weighted by molar-refractivity contribution is 0.0693. The van der Waals surface area contributed by atoms with Gasteiger partial charge in [-0.25, -0.2) is 4.79 Å². The lowest BCUT2D eigenvalue weighted by Crippen LogP contribution is -2.32. The molecule has 1 atom stereocenters. The first-order chi connectivity index (χ1) is 14.7. The van der Waals surface area contributed by atoms with Crippen LogP contribution in [0, 0.1) is 5.41 Å². The Bertz CT molecular complexity index is 1320. The van der Waals surface area contributed by atoms with Crippen LogP contribution in [0.5, 0.6) is 0 Å². The van der Waals surface area contributed by atoms with Crippen LogP contribution < -0.4 is 11.2 Å². The minimum absolute atomic E-state index is 0.0543. The van der Waals surface area contributed by atoms with Crippen LogP contribution in [0.15, 0.2) is 56.9 Å². The number of nitrogens with two attached hydrogens (primary N) is 1. The molecule has 2 aromatic heterocycles. The van der Waals surface area contributed by atoms with Crippen LogP contribution in [0.3, 0.4) is 0 Å². The largest absolute Gasteiger partial charge is 0.477 e. The van der Waals surface area contributed by atoms with Crippen LogP contribution >= 0.6 is 0 Å². The molecule has 0 amide bonds. The predicted octanol–water partition coefficient (Wildman–Crippen LogP) is 3.99. The zero-order valence-electron chi connectivity index (χ0n) is 18.0. The Kier molecular flexibility index (Phi) is 4.84. The van der Waals surface area contributed by atoms with E-state index in [9.17, 15) is 14.7 Å². The molecule has 0 spiro atoms. The molecule has 160 valence electrons. The summed E-state index contributed by atoms with van der Waals surface area (Å²) in [6, 6.07) is 7.18. The monoisotopic (exact) mass is 419 g/mol. The van der Waals surface area contributed by atoms with Crippen LogP contribution in [0.2, 0.25) is 0 Å². The molecule has 3 N–H and O–H groups in total. The SMILES string of the molecule is CN=C(/C=C\N)c1cccc2c3c(oc12)-c1cc(=O)c(C(=O)O)cn1[C@@H](C(C)(C)C)C3. The van der Waals surface area contributed by atoms with E-state index in [1.807, 2.05) is 22.8 Å². The van der Waals surface area contributed by atoms with Gasteiger partial charge in [-0.2, -0.15) is 0 Å². The summed E-state index contributed by atoms with van der Waals surface area (Å²) in [6.45, 7) is 6.31. The highest BCUT2D eigenvalue weighted by molar-refractivity contribution is 6.15. The molecule has 0 fully saturated rings. The maximum atomic E-state index is 12.5. The van der Waals surface area contributed by atoms with Gasteiger partial charge < -0.3 is 19.8 Å². The van der Waals surface area contributed by atoms with Gasteiger partial charge in [0.2, 0.25) is 0 Å². The molecule has 0 unspecified atom stereocenters. The van der Waals surface area contributed by atoms with Crippen LogP contribution in [0.1, 0.15) is 48.3 Å². The zero-order chi connectivity index (χ0) is 22.5. The molecule has 0 saturated heterocycles. The second-order valence-corrected chi connectivity index (χ2v) is 8.79. The number of hydrogen-bond acceptors (Lipinski definition) is 5. The number of aromatic carboxylic acids is 1. The van der Waals surface area contributed by atoms with Crippen molar-refractivity contribution in [3.63, 3.8) is 0 Å². The number of para-hydroxylation sites is 1. The zero-order valence-corrected chi connectivity index (χ0v) is 18.0. The summed E-state index contributed by atoms with van der Waals surface area (Å²) in [5, 5.41) is 10.4. The Balaban J connectivity index is 2.06. The van der Waals surface area contributed by atoms with E-state index < -0.39 is 11.4 Å². The topological polar surface area (TPSA) is 111 Å². The number of carbonyl (C=O) groups is 1. The highest BCUT2D eigenvalue weighted by Crippen LogP contribution is 2.46. The third-order valence-electron chi connectivity index (χ3n) is 5.86. The number of rotatable bonds is 3. The number of benzene rings is 1. The van der Waals surface area contributed by atoms with Crippen molar-refractivity contribution in [2.75, 3.05) is 7.05 Å². The summed E-state index contributed by atoms with van der Waals surface area (Å²) in [4.78, 5) is 28.5. The number of aliphatic imine (C=N–C) groups is 1. The van der Waals surface area contributed by atoms with Crippen LogP contribution in [0.4, 0.5) is 0 Å². The maximum Gasteiger partial charge on any atom is 0.341 e. The lowest BCUT2D eigenvalue weighted by atomic mass is 9.79. The van der Waals surface area contributed by atoms with Gasteiger partial charge in [-0.05, 0) is 30.2 Å². The second kappa shape index (κ2) is 7.27. The summed E-state index contributed by atoms with van der Waals surface area (Å²) in [5.41, 5.74) is 8.37. The summed E-state index contributed by atoms with van der Waals surface area (Å²) >= 11 is 0. The fourth-order valence-electron chi connectivity index (χ4n) is 4.32. The van der Waals surface area contributed by atoms with Gasteiger partial charge >= 0.3 is 5.97 Å². The molecule has 4 rings (SSSR count). The van der Waals surface area contributed by atoms with Crippen molar-refractivity contribution < 1.29 is 14.3 Å². The number of aromatic nitrogens is 1. The average molecular weight is 419 g/mol. The molecular weight excluding hydrogens is 394 g/mol. The van der Waals surface area contributed by atoms with Crippen LogP contribution in [0.25, 0.3) is 22.4 Å². The molecule has 1 aromatic carbocycles. The van der Waals surface area contributed by atoms with Crippen LogP contribution in [-0.4, -0.2) is 28.4 Å². The number of pyridine rings is 1. The first-order valence-electron chi connectivity index (χ1n) is 10.1. The van der Waals surface area contributed by atoms with Crippen molar-refractivity contribution in [1.82, 2.24) is 4.57 Å². The molecule has 1 aliphatic heterocycles. The number of hydrogen-bond donors (Lipinski definition) is 2. The summed E-state index contributed by atoms with van der Waals surface area (Å²) in [7, 11) is 1.69. The Morgan fingerprint density at radius 1 is 1.32 bits per heavy atom. The highest BCUT2D eigenvalue weighted by atomic mass is 16.4. The number of carboxylic acid groups (broad SMARTS) is 1. The number of carboxylic acids is 1. The van der Waals surface area contributed by atoms with Crippen molar-refractivity contribution in [3.8, 4) is 11.5 Å². The highest BCUT2D eigenvalue weighted by Gasteiger charge is 2.36. The lowest BCUT2D eigenvalue weighted by Gasteiger charge is -2.37. The van der Waals surface area contributed by atoms with Crippen LogP contribution in [-0.2, 0) is 6.42 Å². The summed E-state index contributed by atoms with van der Waals surface area (Å²) < 4.78 is 8.21. The Morgan fingerprint density at radius 2 is 2.06 bits per heavy atom. The van der Waals surface area contributed by atoms with Gasteiger partial charge in [-0.1, -0.05) is 32.9 Å². The van der Waals surface area contributed by atoms with E-state index in [1.165, 1.54) is 18.5 Å². The molecule has 7 nitrogen and oxygen atoms in total. The van der Waals surface area contributed by atoms with Crippen molar-refractivity contribution in [2.45, 2.75) is 33.2 Å². The minimum atomic E-state index is -1.23. The summed E-state index contributed by atoms with van der Waals surface area (Å²) in [6.07, 6.45) is 5.24. The quantitative estimate of drug-likeness (QED) is 0.624. The third kappa shape index (κ3) is 3.26. The van der Waals surface area contributed by atoms with E-state index in [-0.39, 0.29) is 17.0 Å². The molecule has 1 aliphatic rings. The van der Waals surface area contributed by atoms with Crippen molar-refractivity contribution in [1.29, 1.82) is 0 Å². The second-order valence-electron chi connectivity index (χ2n) is 8.79. The normalized spacial score (nSPS) is 16.5. The molecule has 0 bridgehead atoms. The number of furan rings is 1. The molecule has 3 aromatic rings. The molecule has 31 heavy (non-hydrogen) atoms. The van der Waals surface area contributed by atoms with Crippen molar-refractivity contribution in [3.05, 3.63) is 69.7 Å². The van der Waals surface area contributed by atoms with Gasteiger partial charge in [0.05, 0.1) is 11.4 Å². The fraction of sp³-hybridized carbons (Fsp3) is 0.292. The van der Waals surface area contributed by atoms with E-state index in [1.54, 1.807) is 13.1 Å². The number of allylic oxidation sites excluding steroid dienone is 1. The Morgan fingerprint density at radius 3 is 2.68 bits per heavy atom. The Hall–Kier alpha value is -3.61. The molecule has 0 radical (unpaired) electrons. The van der Waals surface area contributed by atoms with E-state index in [0.29, 0.717) is 29.2 Å². The molecule has 7 heteroatoms. The number of fused-ring (bicyclic) bond motifs is 5. The van der Waals surface area contributed by atoms with Crippen molar-refractivity contribution in [2.24, 2.45) is 16.1 Å². The maximum absolute atomic E-state index is 12.5. The number of nitrogens with zero attached hydrogens (tertiary/aromatic N) is 2. The molecule has 3 heterocycles. The van der Waals surface area contributed by atoms with E-state index in [0.717, 1.165) is 16.5 Å². The van der Waals surface area contributed by atoms with Gasteiger partial charge in [0.1, 0.15) is 11.1 Å². The van der Waals surface area contributed by atoms with Crippen molar-refractivity contribution >= 4 is 22.7 Å². The third-order valence-corrected chi connectivity index (χ3v) is 5.86. The first kappa shape index (κ1) is 20.7. The first-order valence-corrected chi connectivity index (χ1v) is 10.1. The summed E-state index contributed by atoms with van der Waals surface area (Å²) in [5.74, 6) is -0.646. The molecule has 0 aliphatic carbocycles. The van der Waals surface area contributed by atoms with E-state index in [4.69, 9.17) is 10.2 Å². The van der Waals surface area contributed by atoms with Gasteiger partial charge in [0.15, 0.2) is 11.2 Å². The smallest absolute Gasteiger partial charge is 0.341 e. The molecular formula is C24H25N3O4. The van der Waals surface area contributed by atoms with Gasteiger partial charge in [0, 0.05) is 41.9 Å². The van der Waals surface area contributed by atoms with E-state index >= 15 is 0 Å². The van der Waals surface area contributed by atoms with E-state index in [2.05, 4.69) is 25.8 Å².